The number of hydrogen-bond donors (Lipinski definition) is 4. The standard InChI is InChI=1S/C13H15N4O5PS/c14-10-4-6-12(7-5-10)24(21,22)17(23(15,16)20)11-3-1-2-9(8-11)13(18)19/h1-8H,14H2,(H,18,19)(H4,15,16,20). The average molecular weight is 370 g/mol. The van der Waals surface area contributed by atoms with E-state index in [1.165, 1.54) is 42.5 Å². The SMILES string of the molecule is Nc1ccc(S(=O)(=O)N(c2cccc(C(=O)O)c2)P(N)(N)=O)cc1. The van der Waals surface area contributed by atoms with Crippen LogP contribution in [-0.2, 0) is 14.6 Å². The monoisotopic (exact) mass is 370 g/mol. The molecule has 0 heterocycles. The van der Waals surface area contributed by atoms with Gasteiger partial charge in [-0.05, 0) is 42.5 Å². The van der Waals surface area contributed by atoms with Crippen LogP contribution in [0.25, 0.3) is 0 Å². The van der Waals surface area contributed by atoms with Crippen LogP contribution in [0.4, 0.5) is 11.4 Å². The molecule has 0 spiro atoms. The molecule has 0 unspecified atom stereocenters. The van der Waals surface area contributed by atoms with Crippen LogP contribution in [0.5, 0.6) is 0 Å². The van der Waals surface area contributed by atoms with Crippen LogP contribution in [0.15, 0.2) is 53.4 Å². The summed E-state index contributed by atoms with van der Waals surface area (Å²) in [4.78, 5) is 10.8. The van der Waals surface area contributed by atoms with Crippen molar-refractivity contribution >= 4 is 35.0 Å². The van der Waals surface area contributed by atoms with Gasteiger partial charge in [0.1, 0.15) is 0 Å². The Bertz CT molecular complexity index is 924. The topological polar surface area (TPSA) is 170 Å². The number of anilines is 2. The van der Waals surface area contributed by atoms with Crippen molar-refractivity contribution in [2.24, 2.45) is 11.0 Å². The lowest BCUT2D eigenvalue weighted by molar-refractivity contribution is 0.0697. The van der Waals surface area contributed by atoms with E-state index >= 15 is 0 Å². The number of hydrogen-bond acceptors (Lipinski definition) is 5. The molecule has 0 bridgehead atoms. The molecule has 128 valence electrons. The third-order valence-corrected chi connectivity index (χ3v) is 6.75. The highest BCUT2D eigenvalue weighted by atomic mass is 32.2. The summed E-state index contributed by atoms with van der Waals surface area (Å²) in [5, 5.41) is 9.03. The maximum Gasteiger partial charge on any atom is 0.335 e. The summed E-state index contributed by atoms with van der Waals surface area (Å²) < 4.78 is 38.1. The predicted octanol–water partition coefficient (Wildman–Crippen LogP) is 1.19. The van der Waals surface area contributed by atoms with E-state index in [1.54, 1.807) is 0 Å². The second kappa shape index (κ2) is 6.25. The Labute approximate surface area is 138 Å². The third-order valence-electron chi connectivity index (χ3n) is 3.00. The number of sulfonamides is 1. The second-order valence-corrected chi connectivity index (χ2v) is 8.65. The molecule has 0 atom stereocenters. The first-order valence-electron chi connectivity index (χ1n) is 6.45. The summed E-state index contributed by atoms with van der Waals surface area (Å²) in [6.45, 7) is 0. The van der Waals surface area contributed by atoms with Gasteiger partial charge in [0.05, 0.1) is 16.1 Å². The highest BCUT2D eigenvalue weighted by Crippen LogP contribution is 2.42. The lowest BCUT2D eigenvalue weighted by Crippen LogP contribution is -2.34. The van der Waals surface area contributed by atoms with Crippen LogP contribution >= 0.6 is 7.59 Å². The number of carboxylic acids is 1. The van der Waals surface area contributed by atoms with E-state index in [0.717, 1.165) is 6.07 Å². The highest BCUT2D eigenvalue weighted by Gasteiger charge is 2.35. The number of carbonyl (C=O) groups is 1. The van der Waals surface area contributed by atoms with Crippen molar-refractivity contribution in [3.05, 3.63) is 54.1 Å². The third kappa shape index (κ3) is 3.57. The first kappa shape index (κ1) is 18.0. The Kier molecular flexibility index (Phi) is 4.68. The van der Waals surface area contributed by atoms with Gasteiger partial charge in [0.15, 0.2) is 0 Å². The maximum absolute atomic E-state index is 12.8. The summed E-state index contributed by atoms with van der Waals surface area (Å²) >= 11 is 0. The van der Waals surface area contributed by atoms with Gasteiger partial charge in [0, 0.05) is 5.69 Å². The minimum absolute atomic E-state index is 0.210. The lowest BCUT2D eigenvalue weighted by Gasteiger charge is -2.27. The zero-order chi connectivity index (χ0) is 18.1. The van der Waals surface area contributed by atoms with Gasteiger partial charge in [-0.25, -0.2) is 13.2 Å². The van der Waals surface area contributed by atoms with Crippen molar-refractivity contribution in [1.29, 1.82) is 0 Å². The summed E-state index contributed by atoms with van der Waals surface area (Å²) in [7, 11) is -8.72. The number of benzene rings is 2. The fraction of sp³-hybridized carbons (Fsp3) is 0. The first-order chi connectivity index (χ1) is 11.0. The molecule has 2 aromatic carbocycles. The number of rotatable bonds is 5. The lowest BCUT2D eigenvalue weighted by atomic mass is 10.2. The smallest absolute Gasteiger partial charge is 0.335 e. The van der Waals surface area contributed by atoms with Crippen molar-refractivity contribution in [2.75, 3.05) is 9.81 Å². The minimum atomic E-state index is -4.40. The predicted molar refractivity (Wildman–Crippen MR) is 89.9 cm³/mol. The molecule has 0 saturated carbocycles. The van der Waals surface area contributed by atoms with Gasteiger partial charge < -0.3 is 10.8 Å². The van der Waals surface area contributed by atoms with Crippen molar-refractivity contribution in [2.45, 2.75) is 4.90 Å². The number of nitrogen functional groups attached to an aromatic ring is 1. The van der Waals surface area contributed by atoms with E-state index in [-0.39, 0.29) is 16.1 Å². The summed E-state index contributed by atoms with van der Waals surface area (Å²) in [5.41, 5.74) is 16.2. The molecule has 0 aromatic heterocycles. The van der Waals surface area contributed by atoms with Gasteiger partial charge in [-0.1, -0.05) is 6.07 Å². The van der Waals surface area contributed by atoms with Crippen molar-refractivity contribution < 1.29 is 22.9 Å². The molecule has 0 aliphatic carbocycles. The van der Waals surface area contributed by atoms with Crippen LogP contribution < -0.4 is 20.8 Å². The van der Waals surface area contributed by atoms with Crippen LogP contribution in [-0.4, -0.2) is 19.5 Å². The summed E-state index contributed by atoms with van der Waals surface area (Å²) in [6.07, 6.45) is 0. The van der Waals surface area contributed by atoms with Gasteiger partial charge >= 0.3 is 13.6 Å². The van der Waals surface area contributed by atoms with E-state index < -0.39 is 23.6 Å². The molecule has 0 aliphatic heterocycles. The Morgan fingerprint density at radius 2 is 1.67 bits per heavy atom. The Morgan fingerprint density at radius 1 is 1.08 bits per heavy atom. The average Bonchev–Trinajstić information content (AvgIpc) is 2.46. The van der Waals surface area contributed by atoms with Gasteiger partial charge in [0.25, 0.3) is 10.0 Å². The maximum atomic E-state index is 12.8. The number of carboxylic acid groups (broad SMARTS) is 1. The fourth-order valence-corrected chi connectivity index (χ4v) is 5.17. The molecule has 0 saturated heterocycles. The Hall–Kier alpha value is -2.39. The number of nitrogens with two attached hydrogens (primary N) is 3. The van der Waals surface area contributed by atoms with Gasteiger partial charge in [-0.3, -0.25) is 15.6 Å². The van der Waals surface area contributed by atoms with Gasteiger partial charge in [-0.2, -0.15) is 4.08 Å². The van der Waals surface area contributed by atoms with Crippen LogP contribution in [0.3, 0.4) is 0 Å². The van der Waals surface area contributed by atoms with Crippen LogP contribution in [0, 0.1) is 0 Å². The van der Waals surface area contributed by atoms with E-state index in [0.29, 0.717) is 9.76 Å². The first-order valence-corrected chi connectivity index (χ1v) is 9.69. The van der Waals surface area contributed by atoms with E-state index in [1.807, 2.05) is 0 Å². The molecule has 11 heteroatoms. The second-order valence-electron chi connectivity index (χ2n) is 4.84. The largest absolute Gasteiger partial charge is 0.478 e. The molecule has 0 aliphatic rings. The van der Waals surface area contributed by atoms with Crippen LogP contribution in [0.1, 0.15) is 10.4 Å². The molecule has 7 N–H and O–H groups in total. The van der Waals surface area contributed by atoms with E-state index in [4.69, 9.17) is 21.8 Å². The molecular weight excluding hydrogens is 355 g/mol. The van der Waals surface area contributed by atoms with Crippen LogP contribution in [0.2, 0.25) is 0 Å². The fourth-order valence-electron chi connectivity index (χ4n) is 1.98. The molecule has 2 rings (SSSR count). The van der Waals surface area contributed by atoms with E-state index in [2.05, 4.69) is 0 Å². The molecule has 9 nitrogen and oxygen atoms in total. The molecule has 24 heavy (non-hydrogen) atoms. The molecule has 0 radical (unpaired) electrons. The molecule has 2 aromatic rings. The molecular formula is C13H15N4O5PS. The normalized spacial score (nSPS) is 11.9. The Morgan fingerprint density at radius 3 is 2.17 bits per heavy atom. The minimum Gasteiger partial charge on any atom is -0.478 e. The highest BCUT2D eigenvalue weighted by molar-refractivity contribution is 8.00. The van der Waals surface area contributed by atoms with Gasteiger partial charge in [0.2, 0.25) is 0 Å². The Balaban J connectivity index is 2.66. The van der Waals surface area contributed by atoms with Crippen molar-refractivity contribution in [3.8, 4) is 0 Å². The summed E-state index contributed by atoms with van der Waals surface area (Å²) in [6, 6.07) is 9.89. The zero-order valence-electron chi connectivity index (χ0n) is 12.2. The molecule has 0 fully saturated rings. The number of nitrogens with zero attached hydrogens (tertiary/aromatic N) is 1. The molecule has 0 amide bonds. The number of aromatic carboxylic acids is 1. The van der Waals surface area contributed by atoms with Gasteiger partial charge in [-0.15, -0.1) is 0 Å². The van der Waals surface area contributed by atoms with Crippen molar-refractivity contribution in [3.63, 3.8) is 0 Å². The van der Waals surface area contributed by atoms with Crippen molar-refractivity contribution in [1.82, 2.24) is 0 Å². The van der Waals surface area contributed by atoms with E-state index in [9.17, 15) is 17.8 Å². The summed E-state index contributed by atoms with van der Waals surface area (Å²) in [5.74, 6) is -1.29. The quantitative estimate of drug-likeness (QED) is 0.449. The zero-order valence-corrected chi connectivity index (χ0v) is 13.9.